The van der Waals surface area contributed by atoms with Crippen LogP contribution in [0, 0.1) is 10.1 Å². The van der Waals surface area contributed by atoms with Gasteiger partial charge in [-0.2, -0.15) is 0 Å². The maximum atomic E-state index is 11.6. The third-order valence-corrected chi connectivity index (χ3v) is 3.34. The summed E-state index contributed by atoms with van der Waals surface area (Å²) in [4.78, 5) is 32.6. The highest BCUT2D eigenvalue weighted by atomic mass is 16.6. The molecule has 0 aromatic heterocycles. The van der Waals surface area contributed by atoms with Crippen LogP contribution >= 0.6 is 0 Å². The molecule has 1 aromatic carbocycles. The maximum Gasteiger partial charge on any atom is 0.305 e. The van der Waals surface area contributed by atoms with E-state index >= 15 is 0 Å². The van der Waals surface area contributed by atoms with Gasteiger partial charge in [0.1, 0.15) is 0 Å². The summed E-state index contributed by atoms with van der Waals surface area (Å²) in [6, 6.07) is 6.13. The molecule has 0 unspecified atom stereocenters. The third kappa shape index (κ3) is 9.04. The zero-order valence-corrected chi connectivity index (χ0v) is 14.1. The molecule has 0 fully saturated rings. The zero-order valence-electron chi connectivity index (χ0n) is 14.1. The molecule has 0 aliphatic carbocycles. The number of hydrogen-bond acceptors (Lipinski definition) is 5. The number of nitrogens with zero attached hydrogens (tertiary/aromatic N) is 1. The molecule has 1 N–H and O–H groups in total. The second-order valence-electron chi connectivity index (χ2n) is 5.24. The minimum absolute atomic E-state index is 0.0404. The van der Waals surface area contributed by atoms with Crippen molar-refractivity contribution < 1.29 is 19.2 Å². The summed E-state index contributed by atoms with van der Waals surface area (Å²) in [6.45, 7) is 0.552. The second-order valence-corrected chi connectivity index (χ2v) is 5.24. The normalized spacial score (nSPS) is 10.9. The molecule has 1 rings (SSSR count). The van der Waals surface area contributed by atoms with Crippen molar-refractivity contribution in [3.63, 3.8) is 0 Å². The summed E-state index contributed by atoms with van der Waals surface area (Å²) in [5.74, 6) is -0.409. The van der Waals surface area contributed by atoms with Gasteiger partial charge in [0.15, 0.2) is 0 Å². The molecule has 7 nitrogen and oxygen atoms in total. The predicted molar refractivity (Wildman–Crippen MR) is 94.8 cm³/mol. The molecule has 1 aromatic rings. The number of methoxy groups -OCH3 is 1. The smallest absolute Gasteiger partial charge is 0.305 e. The summed E-state index contributed by atoms with van der Waals surface area (Å²) >= 11 is 0. The molecular formula is C18H22N2O5. The van der Waals surface area contributed by atoms with E-state index in [0.29, 0.717) is 13.0 Å². The van der Waals surface area contributed by atoms with Crippen molar-refractivity contribution in [3.8, 4) is 0 Å². The average Bonchev–Trinajstić information content (AvgIpc) is 2.61. The Morgan fingerprint density at radius 3 is 2.52 bits per heavy atom. The lowest BCUT2D eigenvalue weighted by atomic mass is 10.2. The summed E-state index contributed by atoms with van der Waals surface area (Å²) in [5, 5.41) is 13.3. The molecule has 0 atom stereocenters. The van der Waals surface area contributed by atoms with E-state index < -0.39 is 4.92 Å². The summed E-state index contributed by atoms with van der Waals surface area (Å²) in [6.07, 6.45) is 9.25. The highest BCUT2D eigenvalue weighted by molar-refractivity contribution is 5.87. The molecular weight excluding hydrogens is 324 g/mol. The first-order valence-electron chi connectivity index (χ1n) is 7.97. The SMILES string of the molecule is COC(=O)CCCCCNC(=O)/C=C/C=C/c1ccc([N+](=O)[O-])cc1. The van der Waals surface area contributed by atoms with Crippen LogP contribution in [-0.4, -0.2) is 30.5 Å². The highest BCUT2D eigenvalue weighted by Gasteiger charge is 2.02. The number of carbonyl (C=O) groups is 2. The number of nitro benzene ring substituents is 1. The van der Waals surface area contributed by atoms with E-state index in [2.05, 4.69) is 10.1 Å². The Balaban J connectivity index is 2.21. The first kappa shape index (κ1) is 20.1. The fraction of sp³-hybridized carbons (Fsp3) is 0.333. The van der Waals surface area contributed by atoms with Gasteiger partial charge in [-0.3, -0.25) is 19.7 Å². The van der Waals surface area contributed by atoms with Gasteiger partial charge in [0.2, 0.25) is 5.91 Å². The number of ether oxygens (including phenoxy) is 1. The Morgan fingerprint density at radius 2 is 1.88 bits per heavy atom. The van der Waals surface area contributed by atoms with Crippen LogP contribution in [0.5, 0.6) is 0 Å². The lowest BCUT2D eigenvalue weighted by Gasteiger charge is -2.02. The van der Waals surface area contributed by atoms with Crippen LogP contribution in [0.2, 0.25) is 0 Å². The lowest BCUT2D eigenvalue weighted by molar-refractivity contribution is -0.384. The molecule has 1 amide bonds. The largest absolute Gasteiger partial charge is 0.469 e. The van der Waals surface area contributed by atoms with Gasteiger partial charge in [-0.1, -0.05) is 24.6 Å². The Kier molecular flexibility index (Phi) is 9.28. The molecule has 0 radical (unpaired) electrons. The summed E-state index contributed by atoms with van der Waals surface area (Å²) in [5.41, 5.74) is 0.847. The molecule has 25 heavy (non-hydrogen) atoms. The van der Waals surface area contributed by atoms with E-state index in [9.17, 15) is 19.7 Å². The Morgan fingerprint density at radius 1 is 1.16 bits per heavy atom. The van der Waals surface area contributed by atoms with Crippen molar-refractivity contribution in [1.82, 2.24) is 5.32 Å². The third-order valence-electron chi connectivity index (χ3n) is 3.34. The summed E-state index contributed by atoms with van der Waals surface area (Å²) in [7, 11) is 1.37. The van der Waals surface area contributed by atoms with Crippen molar-refractivity contribution in [3.05, 3.63) is 58.2 Å². The van der Waals surface area contributed by atoms with Gasteiger partial charge >= 0.3 is 5.97 Å². The molecule has 0 aliphatic rings. The number of esters is 1. The highest BCUT2D eigenvalue weighted by Crippen LogP contribution is 2.12. The molecule has 0 saturated heterocycles. The topological polar surface area (TPSA) is 98.5 Å². The minimum atomic E-state index is -0.451. The lowest BCUT2D eigenvalue weighted by Crippen LogP contribution is -2.22. The standard InChI is InChI=1S/C18H22N2O5/c1-25-18(22)9-3-2-6-14-19-17(21)8-5-4-7-15-10-12-16(13-11-15)20(23)24/h4-5,7-8,10-13H,2-3,6,9,14H2,1H3,(H,19,21)/b7-4+,8-5+. The number of rotatable bonds is 10. The van der Waals surface area contributed by atoms with Crippen molar-refractivity contribution in [2.24, 2.45) is 0 Å². The van der Waals surface area contributed by atoms with Gasteiger partial charge in [0.25, 0.3) is 5.69 Å². The van der Waals surface area contributed by atoms with Crippen molar-refractivity contribution >= 4 is 23.6 Å². The van der Waals surface area contributed by atoms with Gasteiger partial charge < -0.3 is 10.1 Å². The molecule has 0 saturated carbocycles. The minimum Gasteiger partial charge on any atom is -0.469 e. The number of hydrogen-bond donors (Lipinski definition) is 1. The van der Waals surface area contributed by atoms with Gasteiger partial charge in [-0.25, -0.2) is 0 Å². The fourth-order valence-electron chi connectivity index (χ4n) is 1.96. The summed E-state index contributed by atoms with van der Waals surface area (Å²) < 4.78 is 4.54. The van der Waals surface area contributed by atoms with E-state index in [1.54, 1.807) is 30.4 Å². The second kappa shape index (κ2) is 11.6. The molecule has 0 aliphatic heterocycles. The van der Waals surface area contributed by atoms with Crippen LogP contribution in [-0.2, 0) is 14.3 Å². The van der Waals surface area contributed by atoms with E-state index in [0.717, 1.165) is 24.8 Å². The van der Waals surface area contributed by atoms with Crippen molar-refractivity contribution in [1.29, 1.82) is 0 Å². The average molecular weight is 346 g/mol. The number of nitro groups is 1. The number of non-ortho nitro benzene ring substituents is 1. The van der Waals surface area contributed by atoms with E-state index in [-0.39, 0.29) is 17.6 Å². The van der Waals surface area contributed by atoms with Gasteiger partial charge in [-0.05, 0) is 30.5 Å². The molecule has 134 valence electrons. The molecule has 0 spiro atoms. The molecule has 7 heteroatoms. The van der Waals surface area contributed by atoms with Crippen LogP contribution in [0.15, 0.2) is 42.5 Å². The fourth-order valence-corrected chi connectivity index (χ4v) is 1.96. The molecule has 0 bridgehead atoms. The van der Waals surface area contributed by atoms with Crippen LogP contribution in [0.3, 0.4) is 0 Å². The van der Waals surface area contributed by atoms with E-state index in [4.69, 9.17) is 0 Å². The van der Waals surface area contributed by atoms with Gasteiger partial charge in [0, 0.05) is 31.2 Å². The van der Waals surface area contributed by atoms with E-state index in [1.807, 2.05) is 0 Å². The number of benzene rings is 1. The van der Waals surface area contributed by atoms with Crippen LogP contribution in [0.25, 0.3) is 6.08 Å². The number of unbranched alkanes of at least 4 members (excludes halogenated alkanes) is 2. The zero-order chi connectivity index (χ0) is 18.5. The number of nitrogens with one attached hydrogen (secondary N) is 1. The molecule has 0 heterocycles. The van der Waals surface area contributed by atoms with Gasteiger partial charge in [-0.15, -0.1) is 0 Å². The first-order valence-corrected chi connectivity index (χ1v) is 7.97. The van der Waals surface area contributed by atoms with Crippen LogP contribution in [0.4, 0.5) is 5.69 Å². The van der Waals surface area contributed by atoms with E-state index in [1.165, 1.54) is 25.3 Å². The number of carbonyl (C=O) groups excluding carboxylic acids is 2. The maximum absolute atomic E-state index is 11.6. The number of amides is 1. The monoisotopic (exact) mass is 346 g/mol. The van der Waals surface area contributed by atoms with Crippen LogP contribution < -0.4 is 5.32 Å². The van der Waals surface area contributed by atoms with Crippen LogP contribution in [0.1, 0.15) is 31.2 Å². The Labute approximate surface area is 146 Å². The van der Waals surface area contributed by atoms with Crippen molar-refractivity contribution in [2.75, 3.05) is 13.7 Å². The van der Waals surface area contributed by atoms with Gasteiger partial charge in [0.05, 0.1) is 12.0 Å². The Hall–Kier alpha value is -2.96. The quantitative estimate of drug-likeness (QED) is 0.175. The van der Waals surface area contributed by atoms with Crippen molar-refractivity contribution in [2.45, 2.75) is 25.7 Å². The first-order chi connectivity index (χ1) is 12.0. The Bertz CT molecular complexity index is 635. The predicted octanol–water partition coefficient (Wildman–Crippen LogP) is 3.01. The number of allylic oxidation sites excluding steroid dienone is 2.